The predicted molar refractivity (Wildman–Crippen MR) is 81.3 cm³/mol. The number of carbonyl (C=O) groups excluding carboxylic acids is 1. The summed E-state index contributed by atoms with van der Waals surface area (Å²) >= 11 is 0. The number of nitrogen functional groups attached to an aromatic ring is 1. The van der Waals surface area contributed by atoms with Crippen LogP contribution in [0.3, 0.4) is 0 Å². The fourth-order valence-electron chi connectivity index (χ4n) is 1.76. The van der Waals surface area contributed by atoms with Crippen LogP contribution >= 0.6 is 0 Å². The molecule has 0 spiro atoms. The third-order valence-corrected chi connectivity index (χ3v) is 3.14. The standard InChI is InChI=1S/C15H26N4O/c1-11(2)7-9-19(10-8-12(3)4)15(20)13-5-6-14(16)18-17-13/h5-6,11-12H,7-10H2,1-4H3,(H2,16,18). The minimum Gasteiger partial charge on any atom is -0.382 e. The van der Waals surface area contributed by atoms with Gasteiger partial charge in [0.2, 0.25) is 0 Å². The second-order valence-corrected chi connectivity index (χ2v) is 6.00. The number of aromatic nitrogens is 2. The van der Waals surface area contributed by atoms with Gasteiger partial charge in [0.05, 0.1) is 0 Å². The summed E-state index contributed by atoms with van der Waals surface area (Å²) in [5, 5.41) is 7.64. The van der Waals surface area contributed by atoms with E-state index in [1.807, 2.05) is 4.90 Å². The lowest BCUT2D eigenvalue weighted by Gasteiger charge is -2.24. The van der Waals surface area contributed by atoms with Gasteiger partial charge in [-0.3, -0.25) is 4.79 Å². The molecular formula is C15H26N4O. The molecule has 0 aromatic carbocycles. The summed E-state index contributed by atoms with van der Waals surface area (Å²) in [6.45, 7) is 10.2. The van der Waals surface area contributed by atoms with Gasteiger partial charge in [0, 0.05) is 13.1 Å². The van der Waals surface area contributed by atoms with Gasteiger partial charge >= 0.3 is 0 Å². The van der Waals surface area contributed by atoms with Gasteiger partial charge in [-0.15, -0.1) is 10.2 Å². The molecule has 0 aliphatic heterocycles. The maximum atomic E-state index is 12.5. The average Bonchev–Trinajstić information content (AvgIpc) is 2.38. The third kappa shape index (κ3) is 5.55. The van der Waals surface area contributed by atoms with E-state index in [4.69, 9.17) is 5.73 Å². The van der Waals surface area contributed by atoms with E-state index in [1.54, 1.807) is 12.1 Å². The molecule has 0 fully saturated rings. The fraction of sp³-hybridized carbons (Fsp3) is 0.667. The van der Waals surface area contributed by atoms with Crippen molar-refractivity contribution < 1.29 is 4.79 Å². The van der Waals surface area contributed by atoms with E-state index in [-0.39, 0.29) is 5.91 Å². The molecule has 2 N–H and O–H groups in total. The van der Waals surface area contributed by atoms with Crippen molar-refractivity contribution in [2.45, 2.75) is 40.5 Å². The number of rotatable bonds is 7. The first-order valence-corrected chi connectivity index (χ1v) is 7.28. The summed E-state index contributed by atoms with van der Waals surface area (Å²) in [5.41, 5.74) is 5.87. The highest BCUT2D eigenvalue weighted by atomic mass is 16.2. The molecule has 0 saturated heterocycles. The van der Waals surface area contributed by atoms with Crippen molar-refractivity contribution in [3.05, 3.63) is 17.8 Å². The lowest BCUT2D eigenvalue weighted by molar-refractivity contribution is 0.0734. The minimum absolute atomic E-state index is 0.0567. The van der Waals surface area contributed by atoms with Crippen LogP contribution in [0.1, 0.15) is 51.0 Å². The third-order valence-electron chi connectivity index (χ3n) is 3.14. The molecule has 0 aliphatic carbocycles. The Kier molecular flexibility index (Phi) is 6.42. The first-order valence-electron chi connectivity index (χ1n) is 7.28. The van der Waals surface area contributed by atoms with Crippen LogP contribution in [0.15, 0.2) is 12.1 Å². The first-order chi connectivity index (χ1) is 9.40. The zero-order valence-corrected chi connectivity index (χ0v) is 13.0. The van der Waals surface area contributed by atoms with Crippen LogP contribution in [-0.4, -0.2) is 34.1 Å². The van der Waals surface area contributed by atoms with Gasteiger partial charge in [-0.2, -0.15) is 0 Å². The van der Waals surface area contributed by atoms with Crippen molar-refractivity contribution in [3.63, 3.8) is 0 Å². The van der Waals surface area contributed by atoms with Crippen LogP contribution in [0.2, 0.25) is 0 Å². The highest BCUT2D eigenvalue weighted by Gasteiger charge is 2.18. The zero-order chi connectivity index (χ0) is 15.1. The van der Waals surface area contributed by atoms with Gasteiger partial charge < -0.3 is 10.6 Å². The molecule has 1 aromatic heterocycles. The molecule has 0 bridgehead atoms. The molecule has 0 atom stereocenters. The van der Waals surface area contributed by atoms with Gasteiger partial charge in [0.25, 0.3) is 5.91 Å². The van der Waals surface area contributed by atoms with Crippen molar-refractivity contribution in [3.8, 4) is 0 Å². The fourth-order valence-corrected chi connectivity index (χ4v) is 1.76. The van der Waals surface area contributed by atoms with Gasteiger partial charge in [0.1, 0.15) is 5.82 Å². The molecule has 1 aromatic rings. The Morgan fingerprint density at radius 1 is 1.10 bits per heavy atom. The molecule has 0 saturated carbocycles. The van der Waals surface area contributed by atoms with Crippen LogP contribution in [0.5, 0.6) is 0 Å². The summed E-state index contributed by atoms with van der Waals surface area (Å²) in [6, 6.07) is 3.26. The number of carbonyl (C=O) groups is 1. The number of hydrogen-bond acceptors (Lipinski definition) is 4. The molecule has 1 amide bonds. The largest absolute Gasteiger partial charge is 0.382 e. The monoisotopic (exact) mass is 278 g/mol. The van der Waals surface area contributed by atoms with E-state index in [0.29, 0.717) is 23.3 Å². The molecule has 0 aliphatic rings. The maximum absolute atomic E-state index is 12.5. The lowest BCUT2D eigenvalue weighted by Crippen LogP contribution is -2.34. The van der Waals surface area contributed by atoms with E-state index < -0.39 is 0 Å². The Hall–Kier alpha value is -1.65. The minimum atomic E-state index is -0.0567. The smallest absolute Gasteiger partial charge is 0.274 e. The van der Waals surface area contributed by atoms with Crippen LogP contribution in [-0.2, 0) is 0 Å². The quantitative estimate of drug-likeness (QED) is 0.832. The Balaban J connectivity index is 2.74. The van der Waals surface area contributed by atoms with Crippen molar-refractivity contribution in [2.75, 3.05) is 18.8 Å². The second kappa shape index (κ2) is 7.82. The maximum Gasteiger partial charge on any atom is 0.274 e. The van der Waals surface area contributed by atoms with Crippen LogP contribution < -0.4 is 5.73 Å². The average molecular weight is 278 g/mol. The van der Waals surface area contributed by atoms with Crippen molar-refractivity contribution in [1.82, 2.24) is 15.1 Å². The first kappa shape index (κ1) is 16.4. The van der Waals surface area contributed by atoms with Crippen LogP contribution in [0.4, 0.5) is 5.82 Å². The number of nitrogens with zero attached hydrogens (tertiary/aromatic N) is 3. The zero-order valence-electron chi connectivity index (χ0n) is 13.0. The Bertz CT molecular complexity index is 402. The van der Waals surface area contributed by atoms with Crippen LogP contribution in [0.25, 0.3) is 0 Å². The molecule has 1 rings (SSSR count). The summed E-state index contributed by atoms with van der Waals surface area (Å²) < 4.78 is 0. The number of anilines is 1. The number of nitrogens with two attached hydrogens (primary N) is 1. The summed E-state index contributed by atoms with van der Waals surface area (Å²) in [5.74, 6) is 1.42. The van der Waals surface area contributed by atoms with Gasteiger partial charge in [-0.25, -0.2) is 0 Å². The molecular weight excluding hydrogens is 252 g/mol. The number of amides is 1. The van der Waals surface area contributed by atoms with Crippen molar-refractivity contribution in [1.29, 1.82) is 0 Å². The van der Waals surface area contributed by atoms with Crippen LogP contribution in [0, 0.1) is 11.8 Å². The molecule has 5 heteroatoms. The normalized spacial score (nSPS) is 11.1. The summed E-state index contributed by atoms with van der Waals surface area (Å²) in [6.07, 6.45) is 1.98. The van der Waals surface area contributed by atoms with E-state index in [1.165, 1.54) is 0 Å². The van der Waals surface area contributed by atoms with E-state index in [0.717, 1.165) is 25.9 Å². The van der Waals surface area contributed by atoms with E-state index >= 15 is 0 Å². The summed E-state index contributed by atoms with van der Waals surface area (Å²) in [4.78, 5) is 14.3. The van der Waals surface area contributed by atoms with Gasteiger partial charge in [-0.1, -0.05) is 27.7 Å². The van der Waals surface area contributed by atoms with Crippen molar-refractivity contribution >= 4 is 11.7 Å². The van der Waals surface area contributed by atoms with E-state index in [9.17, 15) is 4.79 Å². The highest BCUT2D eigenvalue weighted by molar-refractivity contribution is 5.92. The van der Waals surface area contributed by atoms with Gasteiger partial charge in [0.15, 0.2) is 5.69 Å². The van der Waals surface area contributed by atoms with Crippen molar-refractivity contribution in [2.24, 2.45) is 11.8 Å². The molecule has 0 unspecified atom stereocenters. The second-order valence-electron chi connectivity index (χ2n) is 6.00. The predicted octanol–water partition coefficient (Wildman–Crippen LogP) is 2.59. The molecule has 20 heavy (non-hydrogen) atoms. The summed E-state index contributed by atoms with van der Waals surface area (Å²) in [7, 11) is 0. The Morgan fingerprint density at radius 3 is 2.05 bits per heavy atom. The molecule has 0 radical (unpaired) electrons. The Morgan fingerprint density at radius 2 is 1.65 bits per heavy atom. The Labute approximate surface area is 121 Å². The molecule has 112 valence electrons. The molecule has 5 nitrogen and oxygen atoms in total. The van der Waals surface area contributed by atoms with Gasteiger partial charge in [-0.05, 0) is 36.8 Å². The van der Waals surface area contributed by atoms with E-state index in [2.05, 4.69) is 37.9 Å². The number of hydrogen-bond donors (Lipinski definition) is 1. The lowest BCUT2D eigenvalue weighted by atomic mass is 10.1. The topological polar surface area (TPSA) is 72.1 Å². The molecule has 1 heterocycles. The SMILES string of the molecule is CC(C)CCN(CCC(C)C)C(=O)c1ccc(N)nn1. The highest BCUT2D eigenvalue weighted by Crippen LogP contribution is 2.10.